The largest absolute Gasteiger partial charge is 0.301 e. The van der Waals surface area contributed by atoms with Gasteiger partial charge in [-0.15, -0.1) is 0 Å². The Labute approximate surface area is 169 Å². The highest BCUT2D eigenvalue weighted by Gasteiger charge is 2.12. The van der Waals surface area contributed by atoms with Crippen molar-refractivity contribution >= 4 is 37.9 Å². The molecular formula is C23H13BrN4. The highest BCUT2D eigenvalue weighted by Crippen LogP contribution is 2.31. The number of benzene rings is 2. The number of hydrogen-bond acceptors (Lipinski definition) is 3. The Bertz CT molecular complexity index is 1400. The van der Waals surface area contributed by atoms with Crippen LogP contribution in [-0.4, -0.2) is 14.5 Å². The van der Waals surface area contributed by atoms with Crippen LogP contribution in [0.4, 0.5) is 0 Å². The summed E-state index contributed by atoms with van der Waals surface area (Å²) in [7, 11) is 0. The molecule has 2 aromatic carbocycles. The van der Waals surface area contributed by atoms with Gasteiger partial charge in [-0.3, -0.25) is 4.98 Å². The summed E-state index contributed by atoms with van der Waals surface area (Å²) >= 11 is 3.47. The van der Waals surface area contributed by atoms with Crippen LogP contribution in [0.5, 0.6) is 0 Å². The zero-order valence-electron chi connectivity index (χ0n) is 14.7. The second-order valence-electron chi connectivity index (χ2n) is 6.47. The van der Waals surface area contributed by atoms with Crippen LogP contribution in [0.15, 0.2) is 83.7 Å². The van der Waals surface area contributed by atoms with Crippen LogP contribution in [0.1, 0.15) is 5.56 Å². The molecule has 0 spiro atoms. The van der Waals surface area contributed by atoms with E-state index in [9.17, 15) is 0 Å². The fourth-order valence-electron chi connectivity index (χ4n) is 3.46. The van der Waals surface area contributed by atoms with E-state index in [1.165, 1.54) is 0 Å². The van der Waals surface area contributed by atoms with E-state index in [1.54, 1.807) is 0 Å². The maximum Gasteiger partial charge on any atom is 0.145 e. The van der Waals surface area contributed by atoms with Crippen LogP contribution >= 0.6 is 15.9 Å². The molecule has 0 N–H and O–H groups in total. The minimum Gasteiger partial charge on any atom is -0.301 e. The van der Waals surface area contributed by atoms with E-state index in [4.69, 9.17) is 5.26 Å². The number of rotatable bonds is 2. The van der Waals surface area contributed by atoms with E-state index < -0.39 is 0 Å². The summed E-state index contributed by atoms with van der Waals surface area (Å²) in [6, 6.07) is 22.2. The van der Waals surface area contributed by atoms with Gasteiger partial charge in [0.1, 0.15) is 11.7 Å². The molecule has 5 aromatic rings. The van der Waals surface area contributed by atoms with Gasteiger partial charge in [0.15, 0.2) is 0 Å². The van der Waals surface area contributed by atoms with Crippen LogP contribution in [0.3, 0.4) is 0 Å². The topological polar surface area (TPSA) is 54.5 Å². The average molecular weight is 425 g/mol. The smallest absolute Gasteiger partial charge is 0.145 e. The number of para-hydroxylation sites is 1. The summed E-state index contributed by atoms with van der Waals surface area (Å²) in [5.41, 5.74) is 5.55. The third kappa shape index (κ3) is 2.67. The van der Waals surface area contributed by atoms with E-state index in [1.807, 2.05) is 65.6 Å². The highest BCUT2D eigenvalue weighted by atomic mass is 79.9. The average Bonchev–Trinajstić information content (AvgIpc) is 3.17. The van der Waals surface area contributed by atoms with Crippen molar-refractivity contribution < 1.29 is 0 Å². The molecule has 0 aliphatic rings. The maximum atomic E-state index is 9.14. The monoisotopic (exact) mass is 424 g/mol. The first-order valence-corrected chi connectivity index (χ1v) is 9.55. The van der Waals surface area contributed by atoms with Crippen molar-refractivity contribution in [3.8, 4) is 22.9 Å². The van der Waals surface area contributed by atoms with Crippen molar-refractivity contribution in [2.24, 2.45) is 0 Å². The van der Waals surface area contributed by atoms with Crippen molar-refractivity contribution in [1.29, 1.82) is 5.26 Å². The molecule has 0 fully saturated rings. The van der Waals surface area contributed by atoms with E-state index in [-0.39, 0.29) is 0 Å². The maximum absolute atomic E-state index is 9.14. The Balaban J connectivity index is 1.68. The molecule has 0 saturated heterocycles. The van der Waals surface area contributed by atoms with Gasteiger partial charge in [-0.1, -0.05) is 18.2 Å². The Hall–Kier alpha value is -3.49. The second kappa shape index (κ2) is 6.59. The first-order chi connectivity index (χ1) is 13.7. The van der Waals surface area contributed by atoms with Gasteiger partial charge in [0.25, 0.3) is 0 Å². The molecule has 132 valence electrons. The van der Waals surface area contributed by atoms with Gasteiger partial charge in [-0.2, -0.15) is 5.26 Å². The van der Waals surface area contributed by atoms with E-state index >= 15 is 0 Å². The van der Waals surface area contributed by atoms with E-state index in [2.05, 4.69) is 50.2 Å². The van der Waals surface area contributed by atoms with Crippen LogP contribution in [-0.2, 0) is 0 Å². The quantitative estimate of drug-likeness (QED) is 0.355. The van der Waals surface area contributed by atoms with Gasteiger partial charge >= 0.3 is 0 Å². The van der Waals surface area contributed by atoms with Crippen molar-refractivity contribution in [3.05, 3.63) is 89.3 Å². The number of nitriles is 1. The third-order valence-electron chi connectivity index (χ3n) is 4.84. The highest BCUT2D eigenvalue weighted by molar-refractivity contribution is 9.10. The summed E-state index contributed by atoms with van der Waals surface area (Å²) < 4.78 is 2.79. The predicted octanol–water partition coefficient (Wildman–Crippen LogP) is 5.87. The molecule has 5 rings (SSSR count). The predicted molar refractivity (Wildman–Crippen MR) is 114 cm³/mol. The second-order valence-corrected chi connectivity index (χ2v) is 7.33. The lowest BCUT2D eigenvalue weighted by Gasteiger charge is -2.08. The summed E-state index contributed by atoms with van der Waals surface area (Å²) in [5, 5.41) is 11.3. The number of halogens is 1. The summed E-state index contributed by atoms with van der Waals surface area (Å²) in [4.78, 5) is 9.20. The molecule has 0 bridgehead atoms. The molecule has 0 aliphatic heterocycles. The molecule has 0 saturated carbocycles. The molecule has 0 atom stereocenters. The molecule has 4 nitrogen and oxygen atoms in total. The van der Waals surface area contributed by atoms with Gasteiger partial charge in [-0.05, 0) is 64.0 Å². The molecule has 28 heavy (non-hydrogen) atoms. The number of nitrogens with zero attached hydrogens (tertiary/aromatic N) is 4. The number of aromatic nitrogens is 3. The molecule has 0 amide bonds. The number of pyridine rings is 2. The minimum atomic E-state index is 0.607. The Morgan fingerprint density at radius 3 is 2.71 bits per heavy atom. The van der Waals surface area contributed by atoms with Crippen molar-refractivity contribution in [2.45, 2.75) is 0 Å². The fourth-order valence-corrected chi connectivity index (χ4v) is 3.92. The summed E-state index contributed by atoms with van der Waals surface area (Å²) in [6.07, 6.45) is 5.73. The zero-order valence-corrected chi connectivity index (χ0v) is 16.3. The third-order valence-corrected chi connectivity index (χ3v) is 5.50. The Morgan fingerprint density at radius 2 is 1.86 bits per heavy atom. The first kappa shape index (κ1) is 16.7. The van der Waals surface area contributed by atoms with Gasteiger partial charge in [0.05, 0.1) is 11.1 Å². The zero-order chi connectivity index (χ0) is 19.1. The minimum absolute atomic E-state index is 0.607. The fraction of sp³-hybridized carbons (Fsp3) is 0. The lowest BCUT2D eigenvalue weighted by atomic mass is 10.0. The van der Waals surface area contributed by atoms with Gasteiger partial charge in [0, 0.05) is 45.1 Å². The van der Waals surface area contributed by atoms with Crippen molar-refractivity contribution in [1.82, 2.24) is 14.5 Å². The van der Waals surface area contributed by atoms with Gasteiger partial charge in [0.2, 0.25) is 0 Å². The molecular weight excluding hydrogens is 412 g/mol. The molecule has 3 heterocycles. The van der Waals surface area contributed by atoms with Crippen molar-refractivity contribution in [2.75, 3.05) is 0 Å². The molecule has 0 aliphatic carbocycles. The van der Waals surface area contributed by atoms with Crippen LogP contribution in [0.25, 0.3) is 38.8 Å². The molecule has 0 radical (unpaired) electrons. The van der Waals surface area contributed by atoms with Crippen molar-refractivity contribution in [3.63, 3.8) is 0 Å². The lowest BCUT2D eigenvalue weighted by molar-refractivity contribution is 1.09. The normalized spacial score (nSPS) is 11.0. The molecule has 0 unspecified atom stereocenters. The Kier molecular flexibility index (Phi) is 3.92. The lowest BCUT2D eigenvalue weighted by Crippen LogP contribution is -1.95. The van der Waals surface area contributed by atoms with Gasteiger partial charge < -0.3 is 4.57 Å². The number of hydrogen-bond donors (Lipinski definition) is 0. The summed E-state index contributed by atoms with van der Waals surface area (Å²) in [5.74, 6) is 0. The Morgan fingerprint density at radius 1 is 0.964 bits per heavy atom. The van der Waals surface area contributed by atoms with Crippen LogP contribution in [0, 0.1) is 11.3 Å². The number of fused-ring (bicyclic) bond motifs is 2. The van der Waals surface area contributed by atoms with E-state index in [0.717, 1.165) is 43.2 Å². The first-order valence-electron chi connectivity index (χ1n) is 8.76. The van der Waals surface area contributed by atoms with Crippen LogP contribution < -0.4 is 0 Å². The SMILES string of the molecule is N#Cc1ccc(-n2ccc3c(-c4cnc5ccccc5c4)ccnc32)cc1Br. The van der Waals surface area contributed by atoms with Gasteiger partial charge in [-0.25, -0.2) is 4.98 Å². The van der Waals surface area contributed by atoms with Crippen LogP contribution in [0.2, 0.25) is 0 Å². The van der Waals surface area contributed by atoms with E-state index in [0.29, 0.717) is 5.56 Å². The molecule has 5 heteroatoms. The summed E-state index contributed by atoms with van der Waals surface area (Å²) in [6.45, 7) is 0. The molecule has 3 aromatic heterocycles. The standard InChI is InChI=1S/C23H13BrN4/c24-21-12-18(6-5-16(21)13-25)28-10-8-20-19(7-9-26-23(20)28)17-11-15-3-1-2-4-22(15)27-14-17/h1-12,14H.